The summed E-state index contributed by atoms with van der Waals surface area (Å²) in [6.07, 6.45) is 6.95. The SMILES string of the molecule is CC(CC(=O)N(CC(=O)O)C1CCCC1)C1CCCNC1. The van der Waals surface area contributed by atoms with Crippen LogP contribution in [0.25, 0.3) is 0 Å². The average molecular weight is 296 g/mol. The molecule has 2 N–H and O–H groups in total. The van der Waals surface area contributed by atoms with E-state index in [9.17, 15) is 9.59 Å². The predicted octanol–water partition coefficient (Wildman–Crippen LogP) is 1.87. The van der Waals surface area contributed by atoms with E-state index in [2.05, 4.69) is 12.2 Å². The molecule has 1 aliphatic heterocycles. The van der Waals surface area contributed by atoms with Crippen LogP contribution in [0.2, 0.25) is 0 Å². The van der Waals surface area contributed by atoms with Crippen LogP contribution < -0.4 is 5.32 Å². The molecule has 1 amide bonds. The van der Waals surface area contributed by atoms with E-state index in [1.807, 2.05) is 0 Å². The van der Waals surface area contributed by atoms with Crippen molar-refractivity contribution >= 4 is 11.9 Å². The molecule has 1 saturated carbocycles. The average Bonchev–Trinajstić information content (AvgIpc) is 2.99. The summed E-state index contributed by atoms with van der Waals surface area (Å²) < 4.78 is 0. The molecule has 0 aromatic rings. The number of carbonyl (C=O) groups is 2. The van der Waals surface area contributed by atoms with Gasteiger partial charge in [0.1, 0.15) is 6.54 Å². The van der Waals surface area contributed by atoms with Crippen molar-refractivity contribution in [1.29, 1.82) is 0 Å². The normalized spacial score (nSPS) is 24.7. The standard InChI is InChI=1S/C16H28N2O3/c1-12(13-5-4-8-17-10-13)9-15(19)18(11-16(20)21)14-6-2-3-7-14/h12-14,17H,2-11H2,1H3,(H,20,21). The molecular formula is C16H28N2O3. The zero-order valence-electron chi connectivity index (χ0n) is 13.0. The van der Waals surface area contributed by atoms with Gasteiger partial charge in [0.2, 0.25) is 5.91 Å². The summed E-state index contributed by atoms with van der Waals surface area (Å²) in [6, 6.07) is 0.144. The smallest absolute Gasteiger partial charge is 0.323 e. The van der Waals surface area contributed by atoms with Crippen molar-refractivity contribution in [3.05, 3.63) is 0 Å². The van der Waals surface area contributed by atoms with Crippen LogP contribution in [0, 0.1) is 11.8 Å². The molecule has 2 aliphatic rings. The lowest BCUT2D eigenvalue weighted by Gasteiger charge is -2.32. The van der Waals surface area contributed by atoms with Gasteiger partial charge in [0.05, 0.1) is 0 Å². The molecule has 0 aromatic carbocycles. The number of nitrogens with zero attached hydrogens (tertiary/aromatic N) is 1. The number of hydrogen-bond acceptors (Lipinski definition) is 3. The highest BCUT2D eigenvalue weighted by Gasteiger charge is 2.30. The van der Waals surface area contributed by atoms with Crippen molar-refractivity contribution in [2.24, 2.45) is 11.8 Å². The number of carbonyl (C=O) groups excluding carboxylic acids is 1. The highest BCUT2D eigenvalue weighted by Crippen LogP contribution is 2.27. The molecule has 1 aliphatic carbocycles. The second-order valence-corrected chi connectivity index (χ2v) is 6.64. The summed E-state index contributed by atoms with van der Waals surface area (Å²) in [5.41, 5.74) is 0. The van der Waals surface area contributed by atoms with Crippen molar-refractivity contribution < 1.29 is 14.7 Å². The van der Waals surface area contributed by atoms with Gasteiger partial charge in [-0.1, -0.05) is 19.8 Å². The number of carboxylic acid groups (broad SMARTS) is 1. The Bertz CT molecular complexity index is 361. The van der Waals surface area contributed by atoms with Crippen LogP contribution in [0.1, 0.15) is 51.9 Å². The third kappa shape index (κ3) is 4.70. The van der Waals surface area contributed by atoms with E-state index in [-0.39, 0.29) is 18.5 Å². The molecular weight excluding hydrogens is 268 g/mol. The number of nitrogens with one attached hydrogen (secondary N) is 1. The molecule has 0 radical (unpaired) electrons. The molecule has 2 rings (SSSR count). The van der Waals surface area contributed by atoms with Crippen molar-refractivity contribution in [2.45, 2.75) is 57.9 Å². The van der Waals surface area contributed by atoms with E-state index in [1.54, 1.807) is 4.90 Å². The summed E-state index contributed by atoms with van der Waals surface area (Å²) in [4.78, 5) is 25.2. The van der Waals surface area contributed by atoms with E-state index in [1.165, 1.54) is 12.8 Å². The highest BCUT2D eigenvalue weighted by atomic mass is 16.4. The Balaban J connectivity index is 1.91. The van der Waals surface area contributed by atoms with E-state index in [0.717, 1.165) is 38.8 Å². The number of piperidine rings is 1. The van der Waals surface area contributed by atoms with Crippen LogP contribution in [0.4, 0.5) is 0 Å². The third-order valence-corrected chi connectivity index (χ3v) is 5.03. The molecule has 21 heavy (non-hydrogen) atoms. The molecule has 2 fully saturated rings. The van der Waals surface area contributed by atoms with Crippen molar-refractivity contribution in [3.8, 4) is 0 Å². The quantitative estimate of drug-likeness (QED) is 0.785. The first-order chi connectivity index (χ1) is 10.1. The third-order valence-electron chi connectivity index (χ3n) is 5.03. The van der Waals surface area contributed by atoms with Gasteiger partial charge in [-0.2, -0.15) is 0 Å². The minimum Gasteiger partial charge on any atom is -0.480 e. The van der Waals surface area contributed by atoms with Gasteiger partial charge in [0, 0.05) is 12.5 Å². The van der Waals surface area contributed by atoms with Crippen molar-refractivity contribution in [3.63, 3.8) is 0 Å². The number of rotatable bonds is 6. The Hall–Kier alpha value is -1.10. The maximum atomic E-state index is 12.6. The molecule has 0 bridgehead atoms. The fourth-order valence-electron chi connectivity index (χ4n) is 3.71. The van der Waals surface area contributed by atoms with Crippen LogP contribution >= 0.6 is 0 Å². The summed E-state index contributed by atoms with van der Waals surface area (Å²) in [5, 5.41) is 12.5. The largest absolute Gasteiger partial charge is 0.480 e. The summed E-state index contributed by atoms with van der Waals surface area (Å²) >= 11 is 0. The van der Waals surface area contributed by atoms with E-state index >= 15 is 0 Å². The van der Waals surface area contributed by atoms with Crippen molar-refractivity contribution in [1.82, 2.24) is 10.2 Å². The minimum atomic E-state index is -0.901. The first-order valence-corrected chi connectivity index (χ1v) is 8.30. The maximum Gasteiger partial charge on any atom is 0.323 e. The monoisotopic (exact) mass is 296 g/mol. The van der Waals surface area contributed by atoms with Gasteiger partial charge in [-0.15, -0.1) is 0 Å². The topological polar surface area (TPSA) is 69.6 Å². The minimum absolute atomic E-state index is 0.0300. The van der Waals surface area contributed by atoms with Gasteiger partial charge in [0.25, 0.3) is 0 Å². The second-order valence-electron chi connectivity index (χ2n) is 6.64. The van der Waals surface area contributed by atoms with Crippen LogP contribution in [0.15, 0.2) is 0 Å². The van der Waals surface area contributed by atoms with Gasteiger partial charge in [-0.25, -0.2) is 0 Å². The van der Waals surface area contributed by atoms with Gasteiger partial charge in [-0.3, -0.25) is 9.59 Å². The zero-order valence-corrected chi connectivity index (χ0v) is 13.0. The lowest BCUT2D eigenvalue weighted by molar-refractivity contribution is -0.146. The molecule has 5 nitrogen and oxygen atoms in total. The fraction of sp³-hybridized carbons (Fsp3) is 0.875. The molecule has 1 heterocycles. The molecule has 0 spiro atoms. The number of aliphatic carboxylic acids is 1. The first-order valence-electron chi connectivity index (χ1n) is 8.30. The number of hydrogen-bond donors (Lipinski definition) is 2. The summed E-state index contributed by atoms with van der Waals surface area (Å²) in [6.45, 7) is 4.05. The number of carboxylic acids is 1. The lowest BCUT2D eigenvalue weighted by atomic mass is 9.85. The van der Waals surface area contributed by atoms with E-state index < -0.39 is 5.97 Å². The van der Waals surface area contributed by atoms with E-state index in [4.69, 9.17) is 5.11 Å². The Morgan fingerprint density at radius 1 is 1.24 bits per heavy atom. The zero-order chi connectivity index (χ0) is 15.2. The molecule has 120 valence electrons. The first kappa shape index (κ1) is 16.3. The Morgan fingerprint density at radius 3 is 2.52 bits per heavy atom. The Kier molecular flexibility index (Phi) is 6.03. The van der Waals surface area contributed by atoms with Crippen molar-refractivity contribution in [2.75, 3.05) is 19.6 Å². The van der Waals surface area contributed by atoms with Gasteiger partial charge in [0.15, 0.2) is 0 Å². The highest BCUT2D eigenvalue weighted by molar-refractivity contribution is 5.81. The van der Waals surface area contributed by atoms with Crippen LogP contribution in [0.3, 0.4) is 0 Å². The second kappa shape index (κ2) is 7.78. The molecule has 0 aromatic heterocycles. The Labute approximate surface area is 127 Å². The maximum absolute atomic E-state index is 12.6. The van der Waals surface area contributed by atoms with Gasteiger partial charge in [-0.05, 0) is 50.6 Å². The number of amides is 1. The summed E-state index contributed by atoms with van der Waals surface area (Å²) in [7, 11) is 0. The fourth-order valence-corrected chi connectivity index (χ4v) is 3.71. The lowest BCUT2D eigenvalue weighted by Crippen LogP contribution is -2.44. The Morgan fingerprint density at radius 2 is 1.95 bits per heavy atom. The predicted molar refractivity (Wildman–Crippen MR) is 81.0 cm³/mol. The molecule has 5 heteroatoms. The van der Waals surface area contributed by atoms with Crippen LogP contribution in [0.5, 0.6) is 0 Å². The van der Waals surface area contributed by atoms with Gasteiger partial charge >= 0.3 is 5.97 Å². The summed E-state index contributed by atoms with van der Waals surface area (Å²) in [5.74, 6) is -0.00874. The molecule has 2 unspecified atom stereocenters. The molecule has 2 atom stereocenters. The van der Waals surface area contributed by atoms with E-state index in [0.29, 0.717) is 18.3 Å². The van der Waals surface area contributed by atoms with Crippen LogP contribution in [-0.4, -0.2) is 47.6 Å². The molecule has 1 saturated heterocycles. The van der Waals surface area contributed by atoms with Crippen LogP contribution in [-0.2, 0) is 9.59 Å². The van der Waals surface area contributed by atoms with Gasteiger partial charge < -0.3 is 15.3 Å².